The molecule has 2 aliphatic rings. The monoisotopic (exact) mass is 373 g/mol. The number of piperidine rings is 2. The van der Waals surface area contributed by atoms with Gasteiger partial charge in [-0.1, -0.05) is 18.2 Å². The van der Waals surface area contributed by atoms with Crippen molar-refractivity contribution < 1.29 is 14.7 Å². The van der Waals surface area contributed by atoms with E-state index in [-0.39, 0.29) is 23.8 Å². The van der Waals surface area contributed by atoms with Gasteiger partial charge in [0.25, 0.3) is 0 Å². The molecule has 0 radical (unpaired) electrons. The molecule has 0 atom stereocenters. The average molecular weight is 373 g/mol. The SMILES string of the molecule is CN(CC(=O)N1CCC2(CCC(=O)N(CCCO)C2)CC1)c1ccccc1. The van der Waals surface area contributed by atoms with Gasteiger partial charge in [-0.05, 0) is 43.2 Å². The van der Waals surface area contributed by atoms with Gasteiger partial charge < -0.3 is 19.8 Å². The molecule has 0 aliphatic carbocycles. The van der Waals surface area contributed by atoms with E-state index in [4.69, 9.17) is 5.11 Å². The highest BCUT2D eigenvalue weighted by Crippen LogP contribution is 2.40. The second-order valence-corrected chi connectivity index (χ2v) is 7.96. The highest BCUT2D eigenvalue weighted by Gasteiger charge is 2.41. The molecule has 3 rings (SSSR count). The molecule has 0 unspecified atom stereocenters. The number of rotatable bonds is 6. The maximum Gasteiger partial charge on any atom is 0.242 e. The van der Waals surface area contributed by atoms with Crippen LogP contribution in [0.15, 0.2) is 30.3 Å². The summed E-state index contributed by atoms with van der Waals surface area (Å²) in [7, 11) is 1.95. The van der Waals surface area contributed by atoms with Crippen LogP contribution in [0.1, 0.15) is 32.1 Å². The van der Waals surface area contributed by atoms with Crippen molar-refractivity contribution in [2.24, 2.45) is 5.41 Å². The summed E-state index contributed by atoms with van der Waals surface area (Å²) in [6.45, 7) is 3.46. The summed E-state index contributed by atoms with van der Waals surface area (Å²) in [5.74, 6) is 0.372. The third kappa shape index (κ3) is 4.80. The molecule has 6 heteroatoms. The van der Waals surface area contributed by atoms with Gasteiger partial charge in [-0.15, -0.1) is 0 Å². The second-order valence-electron chi connectivity index (χ2n) is 7.96. The lowest BCUT2D eigenvalue weighted by Gasteiger charge is -2.47. The Balaban J connectivity index is 1.52. The van der Waals surface area contributed by atoms with Gasteiger partial charge in [0.1, 0.15) is 0 Å². The minimum absolute atomic E-state index is 0.119. The Morgan fingerprint density at radius 3 is 2.56 bits per heavy atom. The third-order valence-corrected chi connectivity index (χ3v) is 6.08. The van der Waals surface area contributed by atoms with Gasteiger partial charge in [0.05, 0.1) is 6.54 Å². The van der Waals surface area contributed by atoms with Gasteiger partial charge in [0, 0.05) is 51.9 Å². The molecule has 0 saturated carbocycles. The molecule has 1 N–H and O–H groups in total. The largest absolute Gasteiger partial charge is 0.396 e. The quantitative estimate of drug-likeness (QED) is 0.825. The zero-order chi connectivity index (χ0) is 19.3. The van der Waals surface area contributed by atoms with E-state index < -0.39 is 0 Å². The Labute approximate surface area is 161 Å². The summed E-state index contributed by atoms with van der Waals surface area (Å²) in [4.78, 5) is 30.7. The minimum Gasteiger partial charge on any atom is -0.396 e. The Morgan fingerprint density at radius 2 is 1.89 bits per heavy atom. The number of para-hydroxylation sites is 1. The van der Waals surface area contributed by atoms with Crippen LogP contribution in [0.2, 0.25) is 0 Å². The highest BCUT2D eigenvalue weighted by molar-refractivity contribution is 5.81. The normalized spacial score (nSPS) is 19.4. The number of carbonyl (C=O) groups is 2. The van der Waals surface area contributed by atoms with Gasteiger partial charge >= 0.3 is 0 Å². The van der Waals surface area contributed by atoms with Crippen LogP contribution in [-0.4, -0.2) is 73.1 Å². The van der Waals surface area contributed by atoms with Crippen LogP contribution < -0.4 is 4.90 Å². The molecule has 2 fully saturated rings. The smallest absolute Gasteiger partial charge is 0.242 e. The number of aliphatic hydroxyl groups excluding tert-OH is 1. The van der Waals surface area contributed by atoms with Crippen molar-refractivity contribution >= 4 is 17.5 Å². The van der Waals surface area contributed by atoms with Crippen LogP contribution in [0.5, 0.6) is 0 Å². The van der Waals surface area contributed by atoms with E-state index in [0.717, 1.165) is 44.6 Å². The number of likely N-dealkylation sites (N-methyl/N-ethyl adjacent to an activating group) is 1. The molecule has 2 amide bonds. The third-order valence-electron chi connectivity index (χ3n) is 6.08. The number of benzene rings is 1. The van der Waals surface area contributed by atoms with Gasteiger partial charge in [-0.3, -0.25) is 9.59 Å². The maximum atomic E-state index is 12.7. The lowest BCUT2D eigenvalue weighted by molar-refractivity contribution is -0.142. The Hall–Kier alpha value is -2.08. The molecule has 1 spiro atoms. The summed E-state index contributed by atoms with van der Waals surface area (Å²) in [5, 5.41) is 9.05. The first kappa shape index (κ1) is 19.7. The molecule has 27 heavy (non-hydrogen) atoms. The van der Waals surface area contributed by atoms with E-state index in [9.17, 15) is 9.59 Å². The van der Waals surface area contributed by atoms with E-state index in [1.54, 1.807) is 0 Å². The van der Waals surface area contributed by atoms with Gasteiger partial charge in [-0.25, -0.2) is 0 Å². The van der Waals surface area contributed by atoms with E-state index >= 15 is 0 Å². The van der Waals surface area contributed by atoms with Crippen molar-refractivity contribution in [2.75, 3.05) is 51.3 Å². The fraction of sp³-hybridized carbons (Fsp3) is 0.619. The fourth-order valence-corrected chi connectivity index (χ4v) is 4.28. The molecule has 2 heterocycles. The lowest BCUT2D eigenvalue weighted by Crippen LogP contribution is -2.53. The highest BCUT2D eigenvalue weighted by atomic mass is 16.3. The van der Waals surface area contributed by atoms with Crippen molar-refractivity contribution in [3.05, 3.63) is 30.3 Å². The Kier molecular flexibility index (Phi) is 6.37. The van der Waals surface area contributed by atoms with Crippen LogP contribution >= 0.6 is 0 Å². The van der Waals surface area contributed by atoms with Crippen molar-refractivity contribution in [1.82, 2.24) is 9.80 Å². The molecule has 0 aromatic heterocycles. The average Bonchev–Trinajstić information content (AvgIpc) is 2.70. The van der Waals surface area contributed by atoms with Gasteiger partial charge in [-0.2, -0.15) is 0 Å². The number of likely N-dealkylation sites (tertiary alicyclic amines) is 2. The van der Waals surface area contributed by atoms with E-state index in [1.165, 1.54) is 0 Å². The Morgan fingerprint density at radius 1 is 1.19 bits per heavy atom. The number of anilines is 1. The minimum atomic E-state index is 0.119. The van der Waals surface area contributed by atoms with Crippen LogP contribution in [0.25, 0.3) is 0 Å². The summed E-state index contributed by atoms with van der Waals surface area (Å²) in [5.41, 5.74) is 1.19. The molecule has 2 aliphatic heterocycles. The zero-order valence-corrected chi connectivity index (χ0v) is 16.3. The van der Waals surface area contributed by atoms with E-state index in [0.29, 0.717) is 25.9 Å². The number of nitrogens with zero attached hydrogens (tertiary/aromatic N) is 3. The number of amides is 2. The summed E-state index contributed by atoms with van der Waals surface area (Å²) < 4.78 is 0. The zero-order valence-electron chi connectivity index (χ0n) is 16.3. The van der Waals surface area contributed by atoms with Crippen molar-refractivity contribution in [3.63, 3.8) is 0 Å². The maximum absolute atomic E-state index is 12.7. The number of hydrogen-bond donors (Lipinski definition) is 1. The first-order valence-electron chi connectivity index (χ1n) is 9.96. The van der Waals surface area contributed by atoms with Crippen LogP contribution in [0.3, 0.4) is 0 Å². The Bertz CT molecular complexity index is 641. The first-order valence-corrected chi connectivity index (χ1v) is 9.96. The van der Waals surface area contributed by atoms with Crippen molar-refractivity contribution in [1.29, 1.82) is 0 Å². The summed E-state index contributed by atoms with van der Waals surface area (Å²) in [6, 6.07) is 9.96. The number of hydrogen-bond acceptors (Lipinski definition) is 4. The summed E-state index contributed by atoms with van der Waals surface area (Å²) >= 11 is 0. The van der Waals surface area contributed by atoms with Crippen molar-refractivity contribution in [2.45, 2.75) is 32.1 Å². The number of aliphatic hydroxyl groups is 1. The van der Waals surface area contributed by atoms with Crippen LogP contribution in [-0.2, 0) is 9.59 Å². The van der Waals surface area contributed by atoms with E-state index in [2.05, 4.69) is 0 Å². The van der Waals surface area contributed by atoms with E-state index in [1.807, 2.05) is 52.1 Å². The molecule has 0 bridgehead atoms. The first-order chi connectivity index (χ1) is 13.0. The molecule has 2 saturated heterocycles. The molecular formula is C21H31N3O3. The van der Waals surface area contributed by atoms with Gasteiger partial charge in [0.2, 0.25) is 11.8 Å². The lowest BCUT2D eigenvalue weighted by atomic mass is 9.72. The predicted molar refractivity (Wildman–Crippen MR) is 105 cm³/mol. The molecule has 1 aromatic carbocycles. The van der Waals surface area contributed by atoms with Crippen LogP contribution in [0, 0.1) is 5.41 Å². The molecule has 6 nitrogen and oxygen atoms in total. The van der Waals surface area contributed by atoms with Crippen LogP contribution in [0.4, 0.5) is 5.69 Å². The predicted octanol–water partition coefficient (Wildman–Crippen LogP) is 1.74. The standard InChI is InChI=1S/C21H31N3O3/c1-22(18-6-3-2-4-7-18)16-20(27)23-13-10-21(11-14-23)9-8-19(26)24(17-21)12-5-15-25/h2-4,6-7,25H,5,8-17H2,1H3. The fourth-order valence-electron chi connectivity index (χ4n) is 4.28. The molecular weight excluding hydrogens is 342 g/mol. The number of carbonyl (C=O) groups excluding carboxylic acids is 2. The molecule has 1 aromatic rings. The topological polar surface area (TPSA) is 64.1 Å². The summed E-state index contributed by atoms with van der Waals surface area (Å²) in [6.07, 6.45) is 4.06. The van der Waals surface area contributed by atoms with Crippen molar-refractivity contribution in [3.8, 4) is 0 Å². The molecule has 148 valence electrons. The second kappa shape index (κ2) is 8.74. The van der Waals surface area contributed by atoms with Gasteiger partial charge in [0.15, 0.2) is 0 Å².